The van der Waals surface area contributed by atoms with E-state index in [0.29, 0.717) is 19.7 Å². The van der Waals surface area contributed by atoms with Crippen LogP contribution in [0.25, 0.3) is 0 Å². The molecule has 1 aliphatic heterocycles. The third kappa shape index (κ3) is 2.21. The Hall–Kier alpha value is -1.03. The van der Waals surface area contributed by atoms with Gasteiger partial charge in [-0.2, -0.15) is 0 Å². The number of amides is 1. The topological polar surface area (TPSA) is 49.8 Å². The Morgan fingerprint density at radius 1 is 1.56 bits per heavy atom. The van der Waals surface area contributed by atoms with E-state index in [1.807, 2.05) is 6.92 Å². The summed E-state index contributed by atoms with van der Waals surface area (Å²) >= 11 is 0. The van der Waals surface area contributed by atoms with Crippen molar-refractivity contribution >= 4 is 6.09 Å². The summed E-state index contributed by atoms with van der Waals surface area (Å²) in [4.78, 5) is 13.3. The van der Waals surface area contributed by atoms with E-state index in [1.54, 1.807) is 4.90 Å². The fourth-order valence-corrected chi connectivity index (χ4v) is 2.54. The second-order valence-corrected chi connectivity index (χ2v) is 4.41. The van der Waals surface area contributed by atoms with Crippen molar-refractivity contribution in [1.29, 1.82) is 0 Å². The number of hydrogen-bond acceptors (Lipinski definition) is 3. The van der Waals surface area contributed by atoms with E-state index >= 15 is 0 Å². The molecular weight excluding hydrogens is 206 g/mol. The van der Waals surface area contributed by atoms with Crippen molar-refractivity contribution in [2.75, 3.05) is 19.7 Å². The first kappa shape index (κ1) is 11.5. The Kier molecular flexibility index (Phi) is 3.49. The van der Waals surface area contributed by atoms with Gasteiger partial charge in [0.05, 0.1) is 12.7 Å². The molecule has 16 heavy (non-hydrogen) atoms. The number of carbonyl (C=O) groups is 1. The Labute approximate surface area is 95.9 Å². The molecule has 0 saturated heterocycles. The average Bonchev–Trinajstić information content (AvgIpc) is 2.29. The molecule has 0 aromatic carbocycles. The first-order valence-electron chi connectivity index (χ1n) is 6.03. The first-order valence-corrected chi connectivity index (χ1v) is 6.03. The van der Waals surface area contributed by atoms with E-state index in [4.69, 9.17) is 4.74 Å². The van der Waals surface area contributed by atoms with Gasteiger partial charge in [-0.15, -0.1) is 0 Å². The maximum Gasteiger partial charge on any atom is 0.410 e. The molecule has 1 amide bonds. The summed E-state index contributed by atoms with van der Waals surface area (Å²) in [5.41, 5.74) is 2.42. The van der Waals surface area contributed by atoms with Gasteiger partial charge in [-0.3, -0.25) is 0 Å². The number of hydrogen-bond donors (Lipinski definition) is 1. The highest BCUT2D eigenvalue weighted by atomic mass is 16.6. The number of rotatable bonds is 1. The zero-order chi connectivity index (χ0) is 11.5. The lowest BCUT2D eigenvalue weighted by molar-refractivity contribution is 0.103. The lowest BCUT2D eigenvalue weighted by Gasteiger charge is -2.34. The monoisotopic (exact) mass is 225 g/mol. The first-order chi connectivity index (χ1) is 7.72. The van der Waals surface area contributed by atoms with Crippen molar-refractivity contribution in [3.8, 4) is 0 Å². The van der Waals surface area contributed by atoms with Crippen molar-refractivity contribution in [2.45, 2.75) is 38.7 Å². The summed E-state index contributed by atoms with van der Waals surface area (Å²) in [6, 6.07) is 0. The molecule has 4 nitrogen and oxygen atoms in total. The summed E-state index contributed by atoms with van der Waals surface area (Å²) in [5, 5.41) is 9.84. The fourth-order valence-electron chi connectivity index (χ4n) is 2.54. The summed E-state index contributed by atoms with van der Waals surface area (Å²) in [5.74, 6) is 0. The highest BCUT2D eigenvalue weighted by molar-refractivity contribution is 5.68. The molecule has 1 N–H and O–H groups in total. The quantitative estimate of drug-likeness (QED) is 0.691. The van der Waals surface area contributed by atoms with Gasteiger partial charge < -0.3 is 14.7 Å². The Morgan fingerprint density at radius 2 is 2.38 bits per heavy atom. The SMILES string of the molecule is CCOC(=O)N1CCC2=C(CCC[C@H]2O)C1. The van der Waals surface area contributed by atoms with Gasteiger partial charge in [-0.1, -0.05) is 0 Å². The molecule has 90 valence electrons. The van der Waals surface area contributed by atoms with Gasteiger partial charge in [0.15, 0.2) is 0 Å². The molecule has 0 spiro atoms. The van der Waals surface area contributed by atoms with E-state index in [2.05, 4.69) is 0 Å². The minimum Gasteiger partial charge on any atom is -0.450 e. The number of nitrogens with zero attached hydrogens (tertiary/aromatic N) is 1. The average molecular weight is 225 g/mol. The number of aliphatic hydroxyl groups is 1. The molecule has 0 aromatic rings. The van der Waals surface area contributed by atoms with Gasteiger partial charge in [0.1, 0.15) is 0 Å². The molecule has 2 rings (SSSR count). The van der Waals surface area contributed by atoms with Crippen LogP contribution < -0.4 is 0 Å². The molecule has 4 heteroatoms. The van der Waals surface area contributed by atoms with Crippen molar-refractivity contribution in [3.05, 3.63) is 11.1 Å². The van der Waals surface area contributed by atoms with Crippen molar-refractivity contribution in [2.24, 2.45) is 0 Å². The van der Waals surface area contributed by atoms with Crippen LogP contribution >= 0.6 is 0 Å². The van der Waals surface area contributed by atoms with E-state index in [1.165, 1.54) is 11.1 Å². The third-order valence-electron chi connectivity index (χ3n) is 3.37. The molecule has 0 saturated carbocycles. The lowest BCUT2D eigenvalue weighted by Crippen LogP contribution is -2.40. The van der Waals surface area contributed by atoms with Gasteiger partial charge in [-0.25, -0.2) is 4.79 Å². The highest BCUT2D eigenvalue weighted by Gasteiger charge is 2.28. The van der Waals surface area contributed by atoms with Gasteiger partial charge in [0.25, 0.3) is 0 Å². The van der Waals surface area contributed by atoms with Gasteiger partial charge >= 0.3 is 6.09 Å². The molecule has 0 radical (unpaired) electrons. The molecule has 1 atom stereocenters. The lowest BCUT2D eigenvalue weighted by atomic mass is 9.85. The zero-order valence-electron chi connectivity index (χ0n) is 9.74. The predicted molar refractivity (Wildman–Crippen MR) is 60.1 cm³/mol. The van der Waals surface area contributed by atoms with Crippen LogP contribution in [0.4, 0.5) is 4.79 Å². The van der Waals surface area contributed by atoms with E-state index in [9.17, 15) is 9.90 Å². The van der Waals surface area contributed by atoms with Crippen LogP contribution in [0.1, 0.15) is 32.6 Å². The molecule has 0 fully saturated rings. The Morgan fingerprint density at radius 3 is 3.12 bits per heavy atom. The fraction of sp³-hybridized carbons (Fsp3) is 0.750. The molecule has 1 heterocycles. The van der Waals surface area contributed by atoms with Crippen LogP contribution in [0.15, 0.2) is 11.1 Å². The van der Waals surface area contributed by atoms with Crippen LogP contribution in [-0.4, -0.2) is 41.9 Å². The van der Waals surface area contributed by atoms with Crippen LogP contribution in [0, 0.1) is 0 Å². The highest BCUT2D eigenvalue weighted by Crippen LogP contribution is 2.31. The Bertz CT molecular complexity index is 311. The van der Waals surface area contributed by atoms with Crippen LogP contribution in [0.3, 0.4) is 0 Å². The maximum atomic E-state index is 11.6. The summed E-state index contributed by atoms with van der Waals surface area (Å²) < 4.78 is 4.99. The summed E-state index contributed by atoms with van der Waals surface area (Å²) in [7, 11) is 0. The van der Waals surface area contributed by atoms with Gasteiger partial charge in [-0.05, 0) is 43.8 Å². The normalized spacial score (nSPS) is 25.4. The third-order valence-corrected chi connectivity index (χ3v) is 3.37. The van der Waals surface area contributed by atoms with Crippen molar-refractivity contribution < 1.29 is 14.6 Å². The second kappa shape index (κ2) is 4.87. The smallest absolute Gasteiger partial charge is 0.410 e. The van der Waals surface area contributed by atoms with Crippen molar-refractivity contribution in [1.82, 2.24) is 4.90 Å². The van der Waals surface area contributed by atoms with Crippen LogP contribution in [0.5, 0.6) is 0 Å². The molecule has 0 aromatic heterocycles. The molecule has 0 unspecified atom stereocenters. The molecule has 1 aliphatic carbocycles. The van der Waals surface area contributed by atoms with Gasteiger partial charge in [0, 0.05) is 13.1 Å². The number of carbonyl (C=O) groups excluding carboxylic acids is 1. The maximum absolute atomic E-state index is 11.6. The number of ether oxygens (including phenoxy) is 1. The summed E-state index contributed by atoms with van der Waals surface area (Å²) in [6.07, 6.45) is 3.22. The zero-order valence-corrected chi connectivity index (χ0v) is 9.74. The van der Waals surface area contributed by atoms with Crippen LogP contribution in [-0.2, 0) is 4.74 Å². The Balaban J connectivity index is 2.03. The van der Waals surface area contributed by atoms with E-state index < -0.39 is 0 Å². The van der Waals surface area contributed by atoms with E-state index in [-0.39, 0.29) is 12.2 Å². The van der Waals surface area contributed by atoms with Crippen LogP contribution in [0.2, 0.25) is 0 Å². The molecule has 0 bridgehead atoms. The standard InChI is InChI=1S/C12H19NO3/c1-2-16-12(15)13-7-6-10-9(8-13)4-3-5-11(10)14/h11,14H,2-8H2,1H3/t11-/m1/s1. The van der Waals surface area contributed by atoms with Gasteiger partial charge in [0.2, 0.25) is 0 Å². The largest absolute Gasteiger partial charge is 0.450 e. The number of aliphatic hydroxyl groups excluding tert-OH is 1. The minimum absolute atomic E-state index is 0.228. The molecular formula is C12H19NO3. The van der Waals surface area contributed by atoms with Crippen molar-refractivity contribution in [3.63, 3.8) is 0 Å². The minimum atomic E-state index is -0.270. The summed E-state index contributed by atoms with van der Waals surface area (Å²) in [6.45, 7) is 3.56. The predicted octanol–water partition coefficient (Wildman–Crippen LogP) is 1.69. The second-order valence-electron chi connectivity index (χ2n) is 4.41. The van der Waals surface area contributed by atoms with E-state index in [0.717, 1.165) is 25.7 Å². The molecule has 2 aliphatic rings.